The summed E-state index contributed by atoms with van der Waals surface area (Å²) in [5.41, 5.74) is 1.62. The number of rotatable bonds is 2. The number of phenols is 1. The average molecular weight is 270 g/mol. The zero-order chi connectivity index (χ0) is 13.9. The van der Waals surface area contributed by atoms with Gasteiger partial charge >= 0.3 is 0 Å². The van der Waals surface area contributed by atoms with Crippen LogP contribution in [-0.4, -0.2) is 42.1 Å². The Morgan fingerprint density at radius 1 is 1.15 bits per heavy atom. The molecule has 1 N–H and O–H groups in total. The van der Waals surface area contributed by atoms with E-state index >= 15 is 0 Å². The zero-order valence-corrected chi connectivity index (χ0v) is 11.5. The first-order chi connectivity index (χ1) is 9.75. The van der Waals surface area contributed by atoms with Gasteiger partial charge in [-0.3, -0.25) is 5.01 Å². The number of aromatic hydroxyl groups is 1. The fourth-order valence-electron chi connectivity index (χ4n) is 2.47. The van der Waals surface area contributed by atoms with E-state index in [1.54, 1.807) is 0 Å². The van der Waals surface area contributed by atoms with E-state index in [1.165, 1.54) is 0 Å². The number of benzene rings is 2. The van der Waals surface area contributed by atoms with Crippen LogP contribution in [0.2, 0.25) is 0 Å². The molecule has 2 aromatic rings. The number of hydrazone groups is 1. The Morgan fingerprint density at radius 2 is 1.90 bits per heavy atom. The number of hydrogen-bond donors (Lipinski definition) is 1. The van der Waals surface area contributed by atoms with Crippen LogP contribution in [0.4, 0.5) is 0 Å². The zero-order valence-electron chi connectivity index (χ0n) is 11.5. The predicted molar refractivity (Wildman–Crippen MR) is 80.2 cm³/mol. The Morgan fingerprint density at radius 3 is 2.70 bits per heavy atom. The largest absolute Gasteiger partial charge is 0.507 e. The maximum Gasteiger partial charge on any atom is 0.132 e. The molecule has 1 fully saturated rings. The molecule has 0 saturated carbocycles. The Labute approximate surface area is 118 Å². The molecule has 0 aliphatic carbocycles. The van der Waals surface area contributed by atoms with Gasteiger partial charge in [-0.1, -0.05) is 30.3 Å². The standard InChI is InChI=1S/C16H18N2O2/c1-12(17-18-8-10-20-11-9-18)14-7-6-13-4-2-3-5-15(13)16(14)19/h2-7,19H,8-11H2,1H3. The molecule has 1 aliphatic heterocycles. The second-order valence-electron chi connectivity index (χ2n) is 4.93. The van der Waals surface area contributed by atoms with Crippen LogP contribution in [-0.2, 0) is 4.74 Å². The lowest BCUT2D eigenvalue weighted by Gasteiger charge is -2.24. The monoisotopic (exact) mass is 270 g/mol. The topological polar surface area (TPSA) is 45.1 Å². The third-order valence-electron chi connectivity index (χ3n) is 3.57. The molecule has 4 heteroatoms. The fourth-order valence-corrected chi connectivity index (χ4v) is 2.47. The van der Waals surface area contributed by atoms with Crippen molar-refractivity contribution in [3.63, 3.8) is 0 Å². The molecule has 2 aromatic carbocycles. The van der Waals surface area contributed by atoms with Crippen molar-refractivity contribution in [3.8, 4) is 5.75 Å². The number of morpholine rings is 1. The molecule has 0 aromatic heterocycles. The van der Waals surface area contributed by atoms with Crippen LogP contribution in [0.25, 0.3) is 10.8 Å². The van der Waals surface area contributed by atoms with Crippen LogP contribution in [0, 0.1) is 0 Å². The first kappa shape index (κ1) is 12.9. The molecular formula is C16H18N2O2. The number of phenolic OH excluding ortho intramolecular Hbond substituents is 1. The lowest BCUT2D eigenvalue weighted by atomic mass is 10.0. The van der Waals surface area contributed by atoms with Crippen molar-refractivity contribution in [1.29, 1.82) is 0 Å². The van der Waals surface area contributed by atoms with E-state index in [9.17, 15) is 5.11 Å². The van der Waals surface area contributed by atoms with Crippen molar-refractivity contribution in [3.05, 3.63) is 42.0 Å². The minimum Gasteiger partial charge on any atom is -0.507 e. The van der Waals surface area contributed by atoms with E-state index in [4.69, 9.17) is 4.74 Å². The highest BCUT2D eigenvalue weighted by molar-refractivity contribution is 6.06. The SMILES string of the molecule is CC(=NN1CCOCC1)c1ccc2ccccc2c1O. The summed E-state index contributed by atoms with van der Waals surface area (Å²) >= 11 is 0. The number of hydrogen-bond acceptors (Lipinski definition) is 4. The quantitative estimate of drug-likeness (QED) is 0.853. The Balaban J connectivity index is 1.96. The summed E-state index contributed by atoms with van der Waals surface area (Å²) in [5, 5.41) is 18.9. The molecule has 0 amide bonds. The summed E-state index contributed by atoms with van der Waals surface area (Å²) in [6.07, 6.45) is 0. The van der Waals surface area contributed by atoms with E-state index in [2.05, 4.69) is 5.10 Å². The van der Waals surface area contributed by atoms with Gasteiger partial charge in [0.2, 0.25) is 0 Å². The van der Waals surface area contributed by atoms with Gasteiger partial charge < -0.3 is 9.84 Å². The third kappa shape index (κ3) is 2.47. The van der Waals surface area contributed by atoms with Crippen LogP contribution in [0.15, 0.2) is 41.5 Å². The van der Waals surface area contributed by atoms with Gasteiger partial charge in [-0.05, 0) is 18.4 Å². The van der Waals surface area contributed by atoms with Crippen molar-refractivity contribution in [2.24, 2.45) is 5.10 Å². The second-order valence-corrected chi connectivity index (χ2v) is 4.93. The Bertz CT molecular complexity index is 646. The minimum absolute atomic E-state index is 0.303. The molecule has 104 valence electrons. The highest BCUT2D eigenvalue weighted by Gasteiger charge is 2.12. The summed E-state index contributed by atoms with van der Waals surface area (Å²) < 4.78 is 5.31. The maximum absolute atomic E-state index is 10.4. The smallest absolute Gasteiger partial charge is 0.132 e. The van der Waals surface area contributed by atoms with Gasteiger partial charge in [0, 0.05) is 10.9 Å². The van der Waals surface area contributed by atoms with Gasteiger partial charge in [0.1, 0.15) is 5.75 Å². The Kier molecular flexibility index (Phi) is 3.56. The first-order valence-electron chi connectivity index (χ1n) is 6.85. The van der Waals surface area contributed by atoms with E-state index in [0.717, 1.165) is 35.1 Å². The second kappa shape index (κ2) is 5.51. The van der Waals surface area contributed by atoms with Crippen molar-refractivity contribution in [1.82, 2.24) is 5.01 Å². The average Bonchev–Trinajstić information content (AvgIpc) is 2.49. The van der Waals surface area contributed by atoms with E-state index in [-0.39, 0.29) is 0 Å². The van der Waals surface area contributed by atoms with E-state index < -0.39 is 0 Å². The molecule has 4 nitrogen and oxygen atoms in total. The van der Waals surface area contributed by atoms with Crippen molar-refractivity contribution in [2.75, 3.05) is 26.3 Å². The molecule has 0 atom stereocenters. The van der Waals surface area contributed by atoms with Gasteiger partial charge in [-0.15, -0.1) is 0 Å². The van der Waals surface area contributed by atoms with Gasteiger partial charge in [-0.2, -0.15) is 5.10 Å². The molecule has 0 bridgehead atoms. The molecule has 1 aliphatic rings. The number of nitrogens with zero attached hydrogens (tertiary/aromatic N) is 2. The molecule has 1 saturated heterocycles. The summed E-state index contributed by atoms with van der Waals surface area (Å²) in [5.74, 6) is 0.303. The molecule has 3 rings (SSSR count). The molecular weight excluding hydrogens is 252 g/mol. The van der Waals surface area contributed by atoms with Crippen LogP contribution in [0.5, 0.6) is 5.75 Å². The van der Waals surface area contributed by atoms with Crippen LogP contribution in [0.3, 0.4) is 0 Å². The summed E-state index contributed by atoms with van der Waals surface area (Å²) in [6, 6.07) is 11.8. The number of ether oxygens (including phenoxy) is 1. The van der Waals surface area contributed by atoms with Crippen molar-refractivity contribution in [2.45, 2.75) is 6.92 Å². The van der Waals surface area contributed by atoms with E-state index in [1.807, 2.05) is 48.3 Å². The van der Waals surface area contributed by atoms with Gasteiger partial charge in [-0.25, -0.2) is 0 Å². The summed E-state index contributed by atoms with van der Waals surface area (Å²) in [7, 11) is 0. The van der Waals surface area contributed by atoms with E-state index in [0.29, 0.717) is 19.0 Å². The van der Waals surface area contributed by atoms with Crippen molar-refractivity contribution >= 4 is 16.5 Å². The molecule has 1 heterocycles. The third-order valence-corrected chi connectivity index (χ3v) is 3.57. The van der Waals surface area contributed by atoms with Gasteiger partial charge in [0.25, 0.3) is 0 Å². The normalized spacial score (nSPS) is 16.6. The lowest BCUT2D eigenvalue weighted by Crippen LogP contribution is -2.33. The first-order valence-corrected chi connectivity index (χ1v) is 6.85. The van der Waals surface area contributed by atoms with Gasteiger partial charge in [0.05, 0.1) is 32.0 Å². The summed E-state index contributed by atoms with van der Waals surface area (Å²) in [4.78, 5) is 0. The lowest BCUT2D eigenvalue weighted by molar-refractivity contribution is 0.0393. The fraction of sp³-hybridized carbons (Fsp3) is 0.312. The number of fused-ring (bicyclic) bond motifs is 1. The van der Waals surface area contributed by atoms with Crippen LogP contribution < -0.4 is 0 Å². The molecule has 20 heavy (non-hydrogen) atoms. The minimum atomic E-state index is 0.303. The molecule has 0 radical (unpaired) electrons. The molecule has 0 spiro atoms. The van der Waals surface area contributed by atoms with Crippen LogP contribution in [0.1, 0.15) is 12.5 Å². The predicted octanol–water partition coefficient (Wildman–Crippen LogP) is 2.60. The summed E-state index contributed by atoms with van der Waals surface area (Å²) in [6.45, 7) is 4.94. The maximum atomic E-state index is 10.4. The van der Waals surface area contributed by atoms with Crippen molar-refractivity contribution < 1.29 is 9.84 Å². The van der Waals surface area contributed by atoms with Crippen LogP contribution >= 0.6 is 0 Å². The highest BCUT2D eigenvalue weighted by atomic mass is 16.5. The van der Waals surface area contributed by atoms with Gasteiger partial charge in [0.15, 0.2) is 0 Å². The molecule has 0 unspecified atom stereocenters. The Hall–Kier alpha value is -2.07. The highest BCUT2D eigenvalue weighted by Crippen LogP contribution is 2.29.